The Hall–Kier alpha value is -2.65. The second kappa shape index (κ2) is 8.37. The lowest BCUT2D eigenvalue weighted by Crippen LogP contribution is -2.49. The average Bonchev–Trinajstić information content (AvgIpc) is 3.35. The number of nitrogens with zero attached hydrogens (tertiary/aromatic N) is 2. The van der Waals surface area contributed by atoms with Crippen LogP contribution >= 0.6 is 11.3 Å². The van der Waals surface area contributed by atoms with E-state index in [-0.39, 0.29) is 27.4 Å². The van der Waals surface area contributed by atoms with Gasteiger partial charge in [0, 0.05) is 54.3 Å². The molecule has 1 aliphatic carbocycles. The Morgan fingerprint density at radius 3 is 2.16 bits per heavy atom. The third-order valence-corrected chi connectivity index (χ3v) is 9.00. The zero-order valence-corrected chi connectivity index (χ0v) is 19.0. The first-order valence-corrected chi connectivity index (χ1v) is 12.8. The molecule has 32 heavy (non-hydrogen) atoms. The van der Waals surface area contributed by atoms with Crippen LogP contribution in [0.2, 0.25) is 0 Å². The second-order valence-electron chi connectivity index (χ2n) is 7.96. The van der Waals surface area contributed by atoms with Gasteiger partial charge in [-0.05, 0) is 23.9 Å². The normalized spacial score (nSPS) is 17.2. The van der Waals surface area contributed by atoms with Crippen molar-refractivity contribution in [3.05, 3.63) is 87.1 Å². The predicted octanol–water partition coefficient (Wildman–Crippen LogP) is 3.07. The molecule has 5 rings (SSSR count). The summed E-state index contributed by atoms with van der Waals surface area (Å²) in [4.78, 5) is 29.7. The lowest BCUT2D eigenvalue weighted by molar-refractivity contribution is 0.0976. The van der Waals surface area contributed by atoms with E-state index in [9.17, 15) is 18.0 Å². The van der Waals surface area contributed by atoms with E-state index in [0.29, 0.717) is 31.7 Å². The summed E-state index contributed by atoms with van der Waals surface area (Å²) in [7, 11) is -3.91. The van der Waals surface area contributed by atoms with Crippen LogP contribution < -0.4 is 0 Å². The Labute approximate surface area is 191 Å². The maximum absolute atomic E-state index is 13.5. The Bertz CT molecular complexity index is 1290. The van der Waals surface area contributed by atoms with Gasteiger partial charge < -0.3 is 4.90 Å². The monoisotopic (exact) mass is 466 g/mol. The molecule has 8 heteroatoms. The smallest absolute Gasteiger partial charge is 0.243 e. The van der Waals surface area contributed by atoms with Crippen molar-refractivity contribution in [2.75, 3.05) is 32.7 Å². The number of sulfonamides is 1. The van der Waals surface area contributed by atoms with Gasteiger partial charge in [0.1, 0.15) is 0 Å². The van der Waals surface area contributed by atoms with Crippen molar-refractivity contribution in [2.45, 2.75) is 11.3 Å². The number of hydrogen-bond donors (Lipinski definition) is 0. The SMILES string of the molecule is O=C1c2ccccc2C(=O)c2c1cccc2S(=O)(=O)N1CCN(CCc2cccs2)CC1. The number of fused-ring (bicyclic) bond motifs is 2. The minimum absolute atomic E-state index is 0.00340. The van der Waals surface area contributed by atoms with Crippen molar-refractivity contribution in [1.82, 2.24) is 9.21 Å². The number of benzene rings is 2. The molecule has 0 bridgehead atoms. The summed E-state index contributed by atoms with van der Waals surface area (Å²) in [5.41, 5.74) is 0.727. The highest BCUT2D eigenvalue weighted by Crippen LogP contribution is 2.33. The zero-order chi connectivity index (χ0) is 22.3. The van der Waals surface area contributed by atoms with E-state index in [1.807, 2.05) is 6.07 Å². The predicted molar refractivity (Wildman–Crippen MR) is 123 cm³/mol. The van der Waals surface area contributed by atoms with Gasteiger partial charge in [-0.15, -0.1) is 11.3 Å². The molecule has 0 spiro atoms. The number of piperazine rings is 1. The van der Waals surface area contributed by atoms with Gasteiger partial charge in [0.05, 0.1) is 10.5 Å². The van der Waals surface area contributed by atoms with Crippen LogP contribution in [0.5, 0.6) is 0 Å². The van der Waals surface area contributed by atoms with Crippen molar-refractivity contribution >= 4 is 32.9 Å². The molecule has 164 valence electrons. The van der Waals surface area contributed by atoms with Crippen molar-refractivity contribution in [3.8, 4) is 0 Å². The van der Waals surface area contributed by atoms with Crippen LogP contribution in [0.25, 0.3) is 0 Å². The molecule has 0 radical (unpaired) electrons. The van der Waals surface area contributed by atoms with Gasteiger partial charge in [-0.25, -0.2) is 8.42 Å². The Morgan fingerprint density at radius 1 is 0.781 bits per heavy atom. The van der Waals surface area contributed by atoms with Gasteiger partial charge in [-0.2, -0.15) is 4.31 Å². The molecule has 2 aromatic carbocycles. The maximum Gasteiger partial charge on any atom is 0.243 e. The van der Waals surface area contributed by atoms with Crippen LogP contribution in [-0.4, -0.2) is 61.9 Å². The zero-order valence-electron chi connectivity index (χ0n) is 17.4. The molecule has 0 atom stereocenters. The topological polar surface area (TPSA) is 74.8 Å². The standard InChI is InChI=1S/C24H22N2O4S2/c27-23-18-6-1-2-7-19(18)24(28)22-20(23)8-3-9-21(22)32(29,30)26-14-12-25(13-15-26)11-10-17-5-4-16-31-17/h1-9,16H,10-15H2. The largest absolute Gasteiger partial charge is 0.300 e. The number of carbonyl (C=O) groups is 2. The summed E-state index contributed by atoms with van der Waals surface area (Å²) in [5.74, 6) is -0.727. The molecule has 1 aromatic heterocycles. The summed E-state index contributed by atoms with van der Waals surface area (Å²) in [5, 5.41) is 2.06. The molecule has 0 unspecified atom stereocenters. The number of carbonyl (C=O) groups excluding carboxylic acids is 2. The van der Waals surface area contributed by atoms with Gasteiger partial charge in [0.15, 0.2) is 11.6 Å². The maximum atomic E-state index is 13.5. The highest BCUT2D eigenvalue weighted by atomic mass is 32.2. The number of hydrogen-bond acceptors (Lipinski definition) is 6. The summed E-state index contributed by atoms with van der Waals surface area (Å²) in [6, 6.07) is 15.2. The second-order valence-corrected chi connectivity index (χ2v) is 10.9. The Balaban J connectivity index is 1.39. The molecule has 0 N–H and O–H groups in total. The summed E-state index contributed by atoms with van der Waals surface area (Å²) in [6.45, 7) is 2.87. The third-order valence-electron chi connectivity index (χ3n) is 6.12. The lowest BCUT2D eigenvalue weighted by Gasteiger charge is -2.34. The molecule has 6 nitrogen and oxygen atoms in total. The first kappa shape index (κ1) is 21.2. The highest BCUT2D eigenvalue weighted by molar-refractivity contribution is 7.89. The van der Waals surface area contributed by atoms with Gasteiger partial charge in [0.2, 0.25) is 10.0 Å². The fourth-order valence-corrected chi connectivity index (χ4v) is 6.72. The molecule has 0 amide bonds. The molecule has 2 aliphatic rings. The molecular formula is C24H22N2O4S2. The van der Waals surface area contributed by atoms with Crippen LogP contribution in [0.3, 0.4) is 0 Å². The van der Waals surface area contributed by atoms with E-state index in [2.05, 4.69) is 16.3 Å². The van der Waals surface area contributed by atoms with Gasteiger partial charge in [-0.3, -0.25) is 9.59 Å². The number of rotatable bonds is 5. The third kappa shape index (κ3) is 3.63. The quantitative estimate of drug-likeness (QED) is 0.452. The highest BCUT2D eigenvalue weighted by Gasteiger charge is 2.37. The fraction of sp³-hybridized carbons (Fsp3) is 0.250. The van der Waals surface area contributed by atoms with Crippen molar-refractivity contribution in [2.24, 2.45) is 0 Å². The van der Waals surface area contributed by atoms with E-state index < -0.39 is 15.8 Å². The molecular weight excluding hydrogens is 444 g/mol. The van der Waals surface area contributed by atoms with Gasteiger partial charge in [0.25, 0.3) is 0 Å². The van der Waals surface area contributed by atoms with Crippen molar-refractivity contribution in [3.63, 3.8) is 0 Å². The van der Waals surface area contributed by atoms with Crippen LogP contribution in [-0.2, 0) is 16.4 Å². The molecule has 1 saturated heterocycles. The van der Waals surface area contributed by atoms with Crippen molar-refractivity contribution in [1.29, 1.82) is 0 Å². The molecule has 0 saturated carbocycles. The minimum atomic E-state index is -3.91. The first-order valence-electron chi connectivity index (χ1n) is 10.5. The van der Waals surface area contributed by atoms with Crippen LogP contribution in [0.15, 0.2) is 64.9 Å². The molecule has 2 heterocycles. The first-order chi connectivity index (χ1) is 15.5. The van der Waals surface area contributed by atoms with E-state index in [4.69, 9.17) is 0 Å². The molecule has 3 aromatic rings. The van der Waals surface area contributed by atoms with Gasteiger partial charge in [-0.1, -0.05) is 42.5 Å². The number of thiophene rings is 1. The van der Waals surface area contributed by atoms with Gasteiger partial charge >= 0.3 is 0 Å². The van der Waals surface area contributed by atoms with Crippen molar-refractivity contribution < 1.29 is 18.0 Å². The van der Waals surface area contributed by atoms with Crippen LogP contribution in [0.1, 0.15) is 36.7 Å². The van der Waals surface area contributed by atoms with E-state index in [0.717, 1.165) is 13.0 Å². The summed E-state index contributed by atoms with van der Waals surface area (Å²) in [6.07, 6.45) is 0.951. The van der Waals surface area contributed by atoms with E-state index >= 15 is 0 Å². The van der Waals surface area contributed by atoms with E-state index in [1.165, 1.54) is 21.3 Å². The molecule has 1 fully saturated rings. The van der Waals surface area contributed by atoms with Crippen LogP contribution in [0, 0.1) is 0 Å². The summed E-state index contributed by atoms with van der Waals surface area (Å²) >= 11 is 1.73. The average molecular weight is 467 g/mol. The lowest BCUT2D eigenvalue weighted by atomic mass is 9.84. The summed E-state index contributed by atoms with van der Waals surface area (Å²) < 4.78 is 28.5. The number of ketones is 2. The molecule has 1 aliphatic heterocycles. The van der Waals surface area contributed by atoms with Crippen LogP contribution in [0.4, 0.5) is 0 Å². The Kier molecular flexibility index (Phi) is 5.54. The van der Waals surface area contributed by atoms with E-state index in [1.54, 1.807) is 41.7 Å². The minimum Gasteiger partial charge on any atom is -0.300 e. The fourth-order valence-electron chi connectivity index (χ4n) is 4.38. The Morgan fingerprint density at radius 2 is 1.47 bits per heavy atom.